The Labute approximate surface area is 174 Å². The topological polar surface area (TPSA) is 104 Å². The van der Waals surface area contributed by atoms with Crippen LogP contribution in [0, 0.1) is 0 Å². The maximum absolute atomic E-state index is 13.3. The number of carboxylic acids is 1. The van der Waals surface area contributed by atoms with Crippen LogP contribution in [0.5, 0.6) is 0 Å². The Morgan fingerprint density at radius 2 is 1.97 bits per heavy atom. The van der Waals surface area contributed by atoms with Crippen molar-refractivity contribution < 1.29 is 23.1 Å². The minimum atomic E-state index is -3.97. The first-order valence-corrected chi connectivity index (χ1v) is 11.0. The van der Waals surface area contributed by atoms with Crippen molar-refractivity contribution in [1.82, 2.24) is 9.62 Å². The van der Waals surface area contributed by atoms with Gasteiger partial charge in [-0.15, -0.1) is 6.58 Å². The molecule has 1 saturated heterocycles. The van der Waals surface area contributed by atoms with Crippen LogP contribution in [0.3, 0.4) is 0 Å². The van der Waals surface area contributed by atoms with E-state index in [0.717, 1.165) is 15.1 Å². The van der Waals surface area contributed by atoms with Gasteiger partial charge in [-0.2, -0.15) is 16.9 Å². The maximum Gasteiger partial charge on any atom is 0.326 e. The van der Waals surface area contributed by atoms with Gasteiger partial charge in [0.25, 0.3) is 0 Å². The summed E-state index contributed by atoms with van der Waals surface area (Å²) < 4.78 is 27.6. The molecule has 9 heteroatoms. The number of benzene rings is 2. The van der Waals surface area contributed by atoms with Crippen LogP contribution in [0.15, 0.2) is 60.0 Å². The lowest BCUT2D eigenvalue weighted by atomic mass is 10.1. The smallest absolute Gasteiger partial charge is 0.326 e. The molecule has 2 N–H and O–H groups in total. The number of carbonyl (C=O) groups is 2. The predicted molar refractivity (Wildman–Crippen MR) is 113 cm³/mol. The van der Waals surface area contributed by atoms with Gasteiger partial charge in [0.2, 0.25) is 15.9 Å². The van der Waals surface area contributed by atoms with Crippen LogP contribution in [0.1, 0.15) is 12.8 Å². The Bertz CT molecular complexity index is 1050. The Morgan fingerprint density at radius 1 is 1.28 bits per heavy atom. The molecule has 7 nitrogen and oxygen atoms in total. The Morgan fingerprint density at radius 3 is 2.62 bits per heavy atom. The number of hydrogen-bond acceptors (Lipinski definition) is 5. The highest BCUT2D eigenvalue weighted by molar-refractivity contribution is 7.89. The Balaban J connectivity index is 1.90. The van der Waals surface area contributed by atoms with Crippen LogP contribution in [0.4, 0.5) is 0 Å². The van der Waals surface area contributed by atoms with Gasteiger partial charge < -0.3 is 10.4 Å². The van der Waals surface area contributed by atoms with E-state index in [4.69, 9.17) is 0 Å². The molecule has 1 unspecified atom stereocenters. The number of hydrogen-bond donors (Lipinski definition) is 3. The second-order valence-corrected chi connectivity index (χ2v) is 9.53. The summed E-state index contributed by atoms with van der Waals surface area (Å²) in [5.74, 6) is -1.86. The largest absolute Gasteiger partial charge is 0.480 e. The molecule has 0 saturated carbocycles. The van der Waals surface area contributed by atoms with Gasteiger partial charge in [-0.05, 0) is 35.7 Å². The molecule has 29 heavy (non-hydrogen) atoms. The maximum atomic E-state index is 13.3. The summed E-state index contributed by atoms with van der Waals surface area (Å²) in [5, 5.41) is 13.0. The third-order valence-corrected chi connectivity index (χ3v) is 7.13. The first-order valence-electron chi connectivity index (χ1n) is 9.07. The molecule has 2 aromatic rings. The minimum absolute atomic E-state index is 0.0372. The molecule has 154 valence electrons. The van der Waals surface area contributed by atoms with Crippen LogP contribution >= 0.6 is 12.6 Å². The summed E-state index contributed by atoms with van der Waals surface area (Å²) in [6.07, 6.45) is 1.62. The molecule has 3 rings (SSSR count). The normalized spacial score (nSPS) is 21.0. The first kappa shape index (κ1) is 21.4. The van der Waals surface area contributed by atoms with Gasteiger partial charge in [-0.3, -0.25) is 4.79 Å². The molecule has 1 amide bonds. The molecular formula is C20H22N2O5S2. The lowest BCUT2D eigenvalue weighted by molar-refractivity contribution is -0.142. The molecule has 0 radical (unpaired) electrons. The number of rotatable bonds is 7. The molecule has 0 bridgehead atoms. The van der Waals surface area contributed by atoms with Gasteiger partial charge in [-0.1, -0.05) is 36.4 Å². The van der Waals surface area contributed by atoms with Crippen LogP contribution in [0.2, 0.25) is 0 Å². The summed E-state index contributed by atoms with van der Waals surface area (Å²) in [5.41, 5.74) is 0. The van der Waals surface area contributed by atoms with Crippen LogP contribution in [-0.4, -0.2) is 53.6 Å². The standard InChI is InChI=1S/C20H22N2O5S2/c1-2-5-17(20(24)25)21-19(23)18-11-15(28)12-22(18)29(26,27)16-9-8-13-6-3-4-7-14(13)10-16/h2-4,6-10,15,17-18,28H,1,5,11-12H2,(H,21,23)(H,24,25)/t15-,17?,18+/m1/s1. The zero-order valence-electron chi connectivity index (χ0n) is 15.6. The van der Waals surface area contributed by atoms with E-state index in [1.165, 1.54) is 12.1 Å². The number of nitrogens with one attached hydrogen (secondary N) is 1. The van der Waals surface area contributed by atoms with Crippen molar-refractivity contribution in [2.45, 2.75) is 35.1 Å². The van der Waals surface area contributed by atoms with Gasteiger partial charge in [0, 0.05) is 11.8 Å². The lowest BCUT2D eigenvalue weighted by Gasteiger charge is -2.24. The van der Waals surface area contributed by atoms with Gasteiger partial charge in [0.05, 0.1) is 4.90 Å². The molecule has 2 aromatic carbocycles. The molecule has 1 aliphatic rings. The van der Waals surface area contributed by atoms with Crippen molar-refractivity contribution in [1.29, 1.82) is 0 Å². The zero-order chi connectivity index (χ0) is 21.2. The summed E-state index contributed by atoms with van der Waals surface area (Å²) >= 11 is 4.36. The number of nitrogens with zero attached hydrogens (tertiary/aromatic N) is 1. The van der Waals surface area contributed by atoms with Crippen molar-refractivity contribution in [2.75, 3.05) is 6.54 Å². The van der Waals surface area contributed by atoms with Crippen molar-refractivity contribution in [3.05, 3.63) is 55.1 Å². The number of carboxylic acid groups (broad SMARTS) is 1. The van der Waals surface area contributed by atoms with Gasteiger partial charge in [0.15, 0.2) is 0 Å². The van der Waals surface area contributed by atoms with Crippen molar-refractivity contribution >= 4 is 45.3 Å². The quantitative estimate of drug-likeness (QED) is 0.457. The SMILES string of the molecule is C=CCC(NC(=O)[C@@H]1C[C@@H](S)CN1S(=O)(=O)c1ccc2ccccc2c1)C(=O)O. The molecule has 1 heterocycles. The van der Waals surface area contributed by atoms with E-state index in [2.05, 4.69) is 24.5 Å². The van der Waals surface area contributed by atoms with Gasteiger partial charge in [0.1, 0.15) is 12.1 Å². The van der Waals surface area contributed by atoms with E-state index >= 15 is 0 Å². The fourth-order valence-electron chi connectivity index (χ4n) is 3.41. The summed E-state index contributed by atoms with van der Waals surface area (Å²) in [7, 11) is -3.97. The Hall–Kier alpha value is -2.36. The van der Waals surface area contributed by atoms with Crippen molar-refractivity contribution in [2.24, 2.45) is 0 Å². The average molecular weight is 435 g/mol. The van der Waals surface area contributed by atoms with Gasteiger partial charge in [-0.25, -0.2) is 13.2 Å². The van der Waals surface area contributed by atoms with E-state index in [0.29, 0.717) is 0 Å². The number of amides is 1. The lowest BCUT2D eigenvalue weighted by Crippen LogP contribution is -2.50. The first-order chi connectivity index (χ1) is 13.7. The fraction of sp³-hybridized carbons (Fsp3) is 0.300. The third kappa shape index (κ3) is 4.47. The van der Waals surface area contributed by atoms with Crippen LogP contribution < -0.4 is 5.32 Å². The van der Waals surface area contributed by atoms with Crippen LogP contribution in [-0.2, 0) is 19.6 Å². The average Bonchev–Trinajstić information content (AvgIpc) is 3.10. The molecule has 3 atom stereocenters. The molecule has 1 aliphatic heterocycles. The van der Waals surface area contributed by atoms with Crippen molar-refractivity contribution in [3.63, 3.8) is 0 Å². The highest BCUT2D eigenvalue weighted by Gasteiger charge is 2.43. The monoisotopic (exact) mass is 434 g/mol. The molecule has 0 spiro atoms. The number of thiol groups is 1. The molecule has 0 aliphatic carbocycles. The third-order valence-electron chi connectivity index (χ3n) is 4.88. The van der Waals surface area contributed by atoms with E-state index < -0.39 is 34.0 Å². The molecular weight excluding hydrogens is 412 g/mol. The zero-order valence-corrected chi connectivity index (χ0v) is 17.3. The van der Waals surface area contributed by atoms with Crippen LogP contribution in [0.25, 0.3) is 10.8 Å². The Kier molecular flexibility index (Phi) is 6.30. The van der Waals surface area contributed by atoms with E-state index in [9.17, 15) is 23.1 Å². The number of aliphatic carboxylic acids is 1. The predicted octanol–water partition coefficient (Wildman–Crippen LogP) is 2.05. The summed E-state index contributed by atoms with van der Waals surface area (Å²) in [6, 6.07) is 10.00. The highest BCUT2D eigenvalue weighted by atomic mass is 32.2. The van der Waals surface area contributed by atoms with Crippen molar-refractivity contribution in [3.8, 4) is 0 Å². The van der Waals surface area contributed by atoms with E-state index in [1.54, 1.807) is 12.1 Å². The highest BCUT2D eigenvalue weighted by Crippen LogP contribution is 2.30. The summed E-state index contributed by atoms with van der Waals surface area (Å²) in [4.78, 5) is 24.1. The van der Waals surface area contributed by atoms with E-state index in [1.807, 2.05) is 24.3 Å². The fourth-order valence-corrected chi connectivity index (χ4v) is 5.57. The number of fused-ring (bicyclic) bond motifs is 1. The summed E-state index contributed by atoms with van der Waals surface area (Å²) in [6.45, 7) is 3.55. The minimum Gasteiger partial charge on any atom is -0.480 e. The van der Waals surface area contributed by atoms with Gasteiger partial charge >= 0.3 is 5.97 Å². The molecule has 1 fully saturated rings. The number of carbonyl (C=O) groups excluding carboxylic acids is 1. The second-order valence-electron chi connectivity index (χ2n) is 6.91. The second kappa shape index (κ2) is 8.56. The molecule has 0 aromatic heterocycles. The number of sulfonamides is 1. The van der Waals surface area contributed by atoms with E-state index in [-0.39, 0.29) is 29.5 Å².